The minimum atomic E-state index is -0.595. The number of aromatic nitrogens is 2. The lowest BCUT2D eigenvalue weighted by Gasteiger charge is -2.34. The van der Waals surface area contributed by atoms with Gasteiger partial charge in [0.2, 0.25) is 0 Å². The van der Waals surface area contributed by atoms with Gasteiger partial charge in [0, 0.05) is 50.5 Å². The molecule has 1 amide bonds. The van der Waals surface area contributed by atoms with E-state index in [4.69, 9.17) is 10.5 Å². The molecule has 1 aliphatic rings. The van der Waals surface area contributed by atoms with E-state index < -0.39 is 5.91 Å². The highest BCUT2D eigenvalue weighted by atomic mass is 16.6. The van der Waals surface area contributed by atoms with Crippen LogP contribution in [0.5, 0.6) is 5.75 Å². The molecular weight excluding hydrogens is 374 g/mol. The molecule has 2 aromatic heterocycles. The zero-order valence-corrected chi connectivity index (χ0v) is 15.5. The molecule has 1 aromatic carbocycles. The summed E-state index contributed by atoms with van der Waals surface area (Å²) in [6.07, 6.45) is 4.66. The Balaban J connectivity index is 1.49. The maximum atomic E-state index is 11.3. The molecule has 0 unspecified atom stereocenters. The standard InChI is InChI=1S/C20H19N5O4/c21-20(26)16-12-14(5-9-22-16)29-13-6-10-24(11-7-13)18-4-3-17(25(27)28)15-2-1-8-23-19(15)18/h1-5,8-9,12-13H,6-7,10-11H2,(H2,21,26). The molecule has 0 bridgehead atoms. The van der Waals surface area contributed by atoms with Crippen LogP contribution < -0.4 is 15.4 Å². The molecule has 9 heteroatoms. The van der Waals surface area contributed by atoms with Gasteiger partial charge in [-0.2, -0.15) is 0 Å². The molecule has 29 heavy (non-hydrogen) atoms. The molecule has 4 rings (SSSR count). The molecule has 0 radical (unpaired) electrons. The van der Waals surface area contributed by atoms with E-state index in [0.29, 0.717) is 16.7 Å². The Kier molecular flexibility index (Phi) is 4.94. The molecule has 148 valence electrons. The van der Waals surface area contributed by atoms with Crippen molar-refractivity contribution in [3.63, 3.8) is 0 Å². The molecule has 0 aliphatic carbocycles. The summed E-state index contributed by atoms with van der Waals surface area (Å²) in [6.45, 7) is 1.45. The number of carbonyl (C=O) groups excluding carboxylic acids is 1. The third kappa shape index (κ3) is 3.79. The number of hydrogen-bond donors (Lipinski definition) is 1. The summed E-state index contributed by atoms with van der Waals surface area (Å²) < 4.78 is 5.99. The van der Waals surface area contributed by atoms with E-state index in [0.717, 1.165) is 31.6 Å². The summed E-state index contributed by atoms with van der Waals surface area (Å²) in [6, 6.07) is 9.96. The third-order valence-electron chi connectivity index (χ3n) is 4.99. The molecule has 3 aromatic rings. The van der Waals surface area contributed by atoms with Crippen LogP contribution in [0.25, 0.3) is 10.9 Å². The van der Waals surface area contributed by atoms with Crippen LogP contribution in [0, 0.1) is 10.1 Å². The molecule has 1 aliphatic heterocycles. The molecule has 0 saturated carbocycles. The van der Waals surface area contributed by atoms with Crippen molar-refractivity contribution in [2.45, 2.75) is 18.9 Å². The second kappa shape index (κ2) is 7.70. The van der Waals surface area contributed by atoms with Crippen molar-refractivity contribution in [1.82, 2.24) is 9.97 Å². The van der Waals surface area contributed by atoms with Crippen LogP contribution in [0.4, 0.5) is 11.4 Å². The molecule has 2 N–H and O–H groups in total. The highest BCUT2D eigenvalue weighted by Crippen LogP contribution is 2.33. The van der Waals surface area contributed by atoms with E-state index in [9.17, 15) is 14.9 Å². The maximum Gasteiger partial charge on any atom is 0.278 e. The minimum Gasteiger partial charge on any atom is -0.490 e. The van der Waals surface area contributed by atoms with Crippen molar-refractivity contribution in [2.75, 3.05) is 18.0 Å². The number of primary amides is 1. The van der Waals surface area contributed by atoms with Crippen LogP contribution >= 0.6 is 0 Å². The van der Waals surface area contributed by atoms with E-state index >= 15 is 0 Å². The lowest BCUT2D eigenvalue weighted by atomic mass is 10.0. The first-order valence-electron chi connectivity index (χ1n) is 9.22. The van der Waals surface area contributed by atoms with Crippen LogP contribution in [-0.2, 0) is 0 Å². The topological polar surface area (TPSA) is 124 Å². The summed E-state index contributed by atoms with van der Waals surface area (Å²) in [4.78, 5) is 32.6. The second-order valence-corrected chi connectivity index (χ2v) is 6.81. The van der Waals surface area contributed by atoms with Crippen molar-refractivity contribution in [1.29, 1.82) is 0 Å². The number of piperidine rings is 1. The lowest BCUT2D eigenvalue weighted by Crippen LogP contribution is -2.38. The predicted molar refractivity (Wildman–Crippen MR) is 107 cm³/mol. The summed E-state index contributed by atoms with van der Waals surface area (Å²) >= 11 is 0. The predicted octanol–water partition coefficient (Wildman–Crippen LogP) is 2.68. The highest BCUT2D eigenvalue weighted by molar-refractivity contribution is 5.97. The molecule has 9 nitrogen and oxygen atoms in total. The van der Waals surface area contributed by atoms with Crippen molar-refractivity contribution in [3.8, 4) is 5.75 Å². The number of anilines is 1. The number of non-ortho nitro benzene ring substituents is 1. The van der Waals surface area contributed by atoms with E-state index in [1.165, 1.54) is 12.3 Å². The number of pyridine rings is 2. The lowest BCUT2D eigenvalue weighted by molar-refractivity contribution is -0.383. The quantitative estimate of drug-likeness (QED) is 0.522. The van der Waals surface area contributed by atoms with E-state index in [-0.39, 0.29) is 22.4 Å². The molecule has 3 heterocycles. The Morgan fingerprint density at radius 3 is 2.69 bits per heavy atom. The number of ether oxygens (including phenoxy) is 1. The monoisotopic (exact) mass is 393 g/mol. The van der Waals surface area contributed by atoms with Gasteiger partial charge in [-0.25, -0.2) is 0 Å². The zero-order chi connectivity index (χ0) is 20.4. The average molecular weight is 393 g/mol. The first kappa shape index (κ1) is 18.6. The number of nitrogens with zero attached hydrogens (tertiary/aromatic N) is 4. The minimum absolute atomic E-state index is 0.00773. The van der Waals surface area contributed by atoms with Crippen LogP contribution in [0.2, 0.25) is 0 Å². The Morgan fingerprint density at radius 2 is 1.97 bits per heavy atom. The number of hydrogen-bond acceptors (Lipinski definition) is 7. The van der Waals surface area contributed by atoms with E-state index in [1.807, 2.05) is 0 Å². The van der Waals surface area contributed by atoms with E-state index in [1.54, 1.807) is 36.5 Å². The number of nitrogens with two attached hydrogens (primary N) is 1. The van der Waals surface area contributed by atoms with Gasteiger partial charge < -0.3 is 15.4 Å². The Labute approximate surface area is 166 Å². The number of nitro groups is 1. The number of amides is 1. The van der Waals surface area contributed by atoms with Gasteiger partial charge in [-0.05, 0) is 24.3 Å². The SMILES string of the molecule is NC(=O)c1cc(OC2CCN(c3ccc([N+](=O)[O-])c4cccnc34)CC2)ccn1. The fourth-order valence-corrected chi connectivity index (χ4v) is 3.58. The van der Waals surface area contributed by atoms with Crippen molar-refractivity contribution >= 4 is 28.2 Å². The average Bonchev–Trinajstić information content (AvgIpc) is 2.73. The summed E-state index contributed by atoms with van der Waals surface area (Å²) in [5.74, 6) is -0.0301. The molecule has 0 atom stereocenters. The van der Waals surface area contributed by atoms with Crippen molar-refractivity contribution < 1.29 is 14.5 Å². The Bertz CT molecular complexity index is 1080. The van der Waals surface area contributed by atoms with Gasteiger partial charge in [0.1, 0.15) is 23.1 Å². The van der Waals surface area contributed by atoms with Crippen LogP contribution in [0.1, 0.15) is 23.3 Å². The van der Waals surface area contributed by atoms with Crippen LogP contribution in [-0.4, -0.2) is 40.0 Å². The smallest absolute Gasteiger partial charge is 0.278 e. The fraction of sp³-hybridized carbons (Fsp3) is 0.250. The number of carbonyl (C=O) groups is 1. The number of rotatable bonds is 5. The summed E-state index contributed by atoms with van der Waals surface area (Å²) in [5.41, 5.74) is 6.99. The van der Waals surface area contributed by atoms with Gasteiger partial charge in [-0.15, -0.1) is 0 Å². The van der Waals surface area contributed by atoms with Gasteiger partial charge in [-0.1, -0.05) is 0 Å². The molecule has 1 fully saturated rings. The number of fused-ring (bicyclic) bond motifs is 1. The fourth-order valence-electron chi connectivity index (χ4n) is 3.58. The zero-order valence-electron chi connectivity index (χ0n) is 15.5. The van der Waals surface area contributed by atoms with Gasteiger partial charge in [0.05, 0.1) is 16.0 Å². The molecular formula is C20H19N5O4. The number of nitro benzene ring substituents is 1. The largest absolute Gasteiger partial charge is 0.490 e. The molecule has 0 spiro atoms. The first-order chi connectivity index (χ1) is 14.0. The van der Waals surface area contributed by atoms with Gasteiger partial charge in [0.15, 0.2) is 0 Å². The Hall–Kier alpha value is -3.75. The van der Waals surface area contributed by atoms with Crippen molar-refractivity contribution in [3.05, 3.63) is 64.6 Å². The summed E-state index contributed by atoms with van der Waals surface area (Å²) in [7, 11) is 0. The number of benzene rings is 1. The van der Waals surface area contributed by atoms with Crippen LogP contribution in [0.3, 0.4) is 0 Å². The highest BCUT2D eigenvalue weighted by Gasteiger charge is 2.24. The third-order valence-corrected chi connectivity index (χ3v) is 4.99. The maximum absolute atomic E-state index is 11.3. The van der Waals surface area contributed by atoms with Gasteiger partial charge in [0.25, 0.3) is 11.6 Å². The molecule has 1 saturated heterocycles. The normalized spacial score (nSPS) is 14.7. The van der Waals surface area contributed by atoms with Crippen molar-refractivity contribution in [2.24, 2.45) is 5.73 Å². The Morgan fingerprint density at radius 1 is 1.17 bits per heavy atom. The van der Waals surface area contributed by atoms with E-state index in [2.05, 4.69) is 14.9 Å². The first-order valence-corrected chi connectivity index (χ1v) is 9.22. The van der Waals surface area contributed by atoms with Gasteiger partial charge in [-0.3, -0.25) is 24.9 Å². The van der Waals surface area contributed by atoms with Crippen LogP contribution in [0.15, 0.2) is 48.8 Å². The summed E-state index contributed by atoms with van der Waals surface area (Å²) in [5, 5.41) is 11.8. The van der Waals surface area contributed by atoms with Gasteiger partial charge >= 0.3 is 0 Å². The second-order valence-electron chi connectivity index (χ2n) is 6.81.